The molecule has 0 atom stereocenters. The van der Waals surface area contributed by atoms with Gasteiger partial charge in [-0.1, -0.05) is 23.1 Å². The Bertz CT molecular complexity index is 693. The summed E-state index contributed by atoms with van der Waals surface area (Å²) in [7, 11) is 0. The Morgan fingerprint density at radius 2 is 2.20 bits per heavy atom. The summed E-state index contributed by atoms with van der Waals surface area (Å²) < 4.78 is 4.88. The number of rotatable bonds is 2. The van der Waals surface area contributed by atoms with Crippen molar-refractivity contribution in [2.45, 2.75) is 13.8 Å². The van der Waals surface area contributed by atoms with E-state index in [1.165, 1.54) is 0 Å². The molecule has 0 saturated carbocycles. The van der Waals surface area contributed by atoms with Crippen LogP contribution < -0.4 is 5.32 Å². The number of aliphatic hydroxyl groups excluding tert-OH is 1. The standard InChI is InChI=1S/C15H14N2O3/c1-10-5-6-13(9-12(10)4-3-7-18)15(19)16-14-8-11(2)20-17-14/h5-6,8-9,18H,7H2,1-2H3,(H,16,17,19). The minimum absolute atomic E-state index is 0.214. The number of nitrogens with zero attached hydrogens (tertiary/aromatic N) is 1. The van der Waals surface area contributed by atoms with Gasteiger partial charge in [0.15, 0.2) is 5.82 Å². The number of aliphatic hydroxyl groups is 1. The van der Waals surface area contributed by atoms with Crippen LogP contribution in [0.4, 0.5) is 5.82 Å². The fourth-order valence-corrected chi connectivity index (χ4v) is 1.65. The topological polar surface area (TPSA) is 75.4 Å². The number of carbonyl (C=O) groups is 1. The Kier molecular flexibility index (Phi) is 4.18. The molecule has 0 spiro atoms. The van der Waals surface area contributed by atoms with Gasteiger partial charge in [-0.15, -0.1) is 0 Å². The number of hydrogen-bond acceptors (Lipinski definition) is 4. The summed E-state index contributed by atoms with van der Waals surface area (Å²) in [5.41, 5.74) is 2.13. The molecule has 2 aromatic rings. The molecule has 5 heteroatoms. The van der Waals surface area contributed by atoms with Crippen molar-refractivity contribution < 1.29 is 14.4 Å². The van der Waals surface area contributed by atoms with E-state index in [1.54, 1.807) is 25.1 Å². The van der Waals surface area contributed by atoms with Crippen molar-refractivity contribution in [3.05, 3.63) is 46.7 Å². The van der Waals surface area contributed by atoms with Crippen LogP contribution >= 0.6 is 0 Å². The van der Waals surface area contributed by atoms with E-state index in [-0.39, 0.29) is 12.5 Å². The normalized spacial score (nSPS) is 9.75. The predicted molar refractivity (Wildman–Crippen MR) is 74.3 cm³/mol. The summed E-state index contributed by atoms with van der Waals surface area (Å²) in [4.78, 5) is 12.1. The maximum Gasteiger partial charge on any atom is 0.256 e. The molecular weight excluding hydrogens is 256 g/mol. The molecule has 0 aliphatic heterocycles. The van der Waals surface area contributed by atoms with E-state index in [4.69, 9.17) is 9.63 Å². The van der Waals surface area contributed by atoms with Crippen LogP contribution in [0.1, 0.15) is 27.2 Å². The molecule has 0 bridgehead atoms. The molecule has 0 radical (unpaired) electrons. The van der Waals surface area contributed by atoms with Crippen LogP contribution in [0.15, 0.2) is 28.8 Å². The van der Waals surface area contributed by atoms with E-state index in [0.717, 1.165) is 5.56 Å². The summed E-state index contributed by atoms with van der Waals surface area (Å²) in [6.45, 7) is 3.43. The zero-order valence-corrected chi connectivity index (χ0v) is 11.2. The average Bonchev–Trinajstić information content (AvgIpc) is 2.83. The molecule has 1 aromatic heterocycles. The number of nitrogens with one attached hydrogen (secondary N) is 1. The lowest BCUT2D eigenvalue weighted by Crippen LogP contribution is -2.12. The summed E-state index contributed by atoms with van der Waals surface area (Å²) in [5, 5.41) is 15.1. The van der Waals surface area contributed by atoms with E-state index < -0.39 is 0 Å². The molecule has 102 valence electrons. The highest BCUT2D eigenvalue weighted by Crippen LogP contribution is 2.13. The number of aromatic nitrogens is 1. The fourth-order valence-electron chi connectivity index (χ4n) is 1.65. The molecule has 0 aliphatic rings. The minimum atomic E-state index is -0.287. The van der Waals surface area contributed by atoms with Gasteiger partial charge < -0.3 is 14.9 Å². The van der Waals surface area contributed by atoms with Crippen molar-refractivity contribution in [3.8, 4) is 11.8 Å². The highest BCUT2D eigenvalue weighted by Gasteiger charge is 2.10. The summed E-state index contributed by atoms with van der Waals surface area (Å²) in [6.07, 6.45) is 0. The van der Waals surface area contributed by atoms with Gasteiger partial charge in [0, 0.05) is 17.2 Å². The second-order valence-electron chi connectivity index (χ2n) is 4.27. The molecule has 1 heterocycles. The first-order chi connectivity index (χ1) is 9.60. The first-order valence-electron chi connectivity index (χ1n) is 6.05. The first-order valence-corrected chi connectivity index (χ1v) is 6.05. The Morgan fingerprint density at radius 1 is 1.40 bits per heavy atom. The van der Waals surface area contributed by atoms with Crippen molar-refractivity contribution in [2.24, 2.45) is 0 Å². The number of carbonyl (C=O) groups excluding carboxylic acids is 1. The SMILES string of the molecule is Cc1cc(NC(=O)c2ccc(C)c(C#CCO)c2)no1. The number of aryl methyl sites for hydroxylation is 2. The molecule has 0 saturated heterocycles. The van der Waals surface area contributed by atoms with Crippen molar-refractivity contribution >= 4 is 11.7 Å². The van der Waals surface area contributed by atoms with Gasteiger partial charge >= 0.3 is 0 Å². The van der Waals surface area contributed by atoms with Crippen molar-refractivity contribution in [1.29, 1.82) is 0 Å². The summed E-state index contributed by atoms with van der Waals surface area (Å²) >= 11 is 0. The van der Waals surface area contributed by atoms with Crippen LogP contribution in [0, 0.1) is 25.7 Å². The fraction of sp³-hybridized carbons (Fsp3) is 0.200. The van der Waals surface area contributed by atoms with E-state index in [0.29, 0.717) is 22.7 Å². The maximum atomic E-state index is 12.1. The molecule has 2 rings (SSSR count). The van der Waals surface area contributed by atoms with Crippen molar-refractivity contribution in [1.82, 2.24) is 5.16 Å². The molecule has 5 nitrogen and oxygen atoms in total. The number of anilines is 1. The van der Waals surface area contributed by atoms with Gasteiger partial charge in [0.05, 0.1) is 0 Å². The monoisotopic (exact) mass is 270 g/mol. The Morgan fingerprint density at radius 3 is 2.85 bits per heavy atom. The van der Waals surface area contributed by atoms with Crippen LogP contribution in [-0.2, 0) is 0 Å². The first kappa shape index (κ1) is 13.8. The molecular formula is C15H14N2O3. The zero-order chi connectivity index (χ0) is 14.5. The van der Waals surface area contributed by atoms with Crippen LogP contribution in [0.2, 0.25) is 0 Å². The smallest absolute Gasteiger partial charge is 0.256 e. The maximum absolute atomic E-state index is 12.1. The van der Waals surface area contributed by atoms with Gasteiger partial charge in [-0.3, -0.25) is 4.79 Å². The summed E-state index contributed by atoms with van der Waals surface area (Å²) in [5.74, 6) is 6.09. The zero-order valence-electron chi connectivity index (χ0n) is 11.2. The van der Waals surface area contributed by atoms with Gasteiger partial charge in [0.1, 0.15) is 12.4 Å². The highest BCUT2D eigenvalue weighted by atomic mass is 16.5. The molecule has 20 heavy (non-hydrogen) atoms. The lowest BCUT2D eigenvalue weighted by atomic mass is 10.0. The number of hydrogen-bond donors (Lipinski definition) is 2. The van der Waals surface area contributed by atoms with Gasteiger partial charge in [0.25, 0.3) is 5.91 Å². The van der Waals surface area contributed by atoms with E-state index >= 15 is 0 Å². The van der Waals surface area contributed by atoms with Crippen molar-refractivity contribution in [2.75, 3.05) is 11.9 Å². The van der Waals surface area contributed by atoms with Crippen LogP contribution in [0.25, 0.3) is 0 Å². The van der Waals surface area contributed by atoms with Gasteiger partial charge in [-0.25, -0.2) is 0 Å². The van der Waals surface area contributed by atoms with Crippen molar-refractivity contribution in [3.63, 3.8) is 0 Å². The van der Waals surface area contributed by atoms with Crippen LogP contribution in [-0.4, -0.2) is 22.8 Å². The molecule has 1 amide bonds. The second-order valence-corrected chi connectivity index (χ2v) is 4.27. The number of benzene rings is 1. The Labute approximate surface area is 116 Å². The lowest BCUT2D eigenvalue weighted by Gasteiger charge is -2.04. The highest BCUT2D eigenvalue weighted by molar-refractivity contribution is 6.04. The minimum Gasteiger partial charge on any atom is -0.384 e. The third-order valence-corrected chi connectivity index (χ3v) is 2.67. The van der Waals surface area contributed by atoms with Gasteiger partial charge in [0.2, 0.25) is 0 Å². The Balaban J connectivity index is 2.22. The molecule has 0 unspecified atom stereocenters. The lowest BCUT2D eigenvalue weighted by molar-refractivity contribution is 0.102. The average molecular weight is 270 g/mol. The molecule has 0 aliphatic carbocycles. The molecule has 1 aromatic carbocycles. The second kappa shape index (κ2) is 6.04. The van der Waals surface area contributed by atoms with E-state index in [9.17, 15) is 4.79 Å². The van der Waals surface area contributed by atoms with Gasteiger partial charge in [-0.05, 0) is 31.5 Å². The summed E-state index contributed by atoms with van der Waals surface area (Å²) in [6, 6.07) is 6.84. The largest absolute Gasteiger partial charge is 0.384 e. The van der Waals surface area contributed by atoms with E-state index in [1.807, 2.05) is 13.0 Å². The van der Waals surface area contributed by atoms with Crippen LogP contribution in [0.3, 0.4) is 0 Å². The molecule has 2 N–H and O–H groups in total. The van der Waals surface area contributed by atoms with E-state index in [2.05, 4.69) is 22.3 Å². The van der Waals surface area contributed by atoms with Gasteiger partial charge in [-0.2, -0.15) is 0 Å². The predicted octanol–water partition coefficient (Wildman–Crippen LogP) is 1.89. The third kappa shape index (κ3) is 3.25. The molecule has 0 fully saturated rings. The third-order valence-electron chi connectivity index (χ3n) is 2.67. The quantitative estimate of drug-likeness (QED) is 0.817. The Hall–Kier alpha value is -2.58. The number of amides is 1. The van der Waals surface area contributed by atoms with Crippen LogP contribution in [0.5, 0.6) is 0 Å².